The van der Waals surface area contributed by atoms with Gasteiger partial charge in [-0.25, -0.2) is 4.79 Å². The minimum atomic E-state index is -1.72. The molecular weight excluding hydrogens is 476 g/mol. The van der Waals surface area contributed by atoms with Crippen molar-refractivity contribution < 1.29 is 53.6 Å². The van der Waals surface area contributed by atoms with Gasteiger partial charge in [-0.1, -0.05) is 0 Å². The van der Waals surface area contributed by atoms with E-state index in [0.717, 1.165) is 0 Å². The van der Waals surface area contributed by atoms with E-state index in [-0.39, 0.29) is 26.4 Å². The molecule has 6 amide bonds. The van der Waals surface area contributed by atoms with Gasteiger partial charge in [-0.3, -0.25) is 34.8 Å². The summed E-state index contributed by atoms with van der Waals surface area (Å²) < 4.78 is 10.3. The minimum Gasteiger partial charge on any atom is -0.481 e. The number of aliphatic carboxylic acids is 1. The molecule has 0 radical (unpaired) electrons. The highest BCUT2D eigenvalue weighted by Crippen LogP contribution is 1.97. The average Bonchev–Trinajstić information content (AvgIpc) is 2.79. The third kappa shape index (κ3) is 11.4. The number of carbonyl (C=O) groups is 6. The topological polar surface area (TPSA) is 254 Å². The molecule has 17 heteroatoms. The van der Waals surface area contributed by atoms with Crippen molar-refractivity contribution in [3.05, 3.63) is 0 Å². The molecule has 1 unspecified atom stereocenters. The first-order valence-electron chi connectivity index (χ1n) is 10.4. The van der Waals surface area contributed by atoms with Gasteiger partial charge in [-0.15, -0.1) is 0 Å². The number of urea groups is 1. The van der Waals surface area contributed by atoms with Crippen LogP contribution in [0.15, 0.2) is 0 Å². The Morgan fingerprint density at radius 1 is 0.943 bits per heavy atom. The van der Waals surface area contributed by atoms with Gasteiger partial charge in [-0.05, 0) is 6.92 Å². The van der Waals surface area contributed by atoms with Crippen molar-refractivity contribution >= 4 is 35.6 Å². The maximum Gasteiger partial charge on any atom is 0.316 e. The first-order valence-corrected chi connectivity index (χ1v) is 10.4. The van der Waals surface area contributed by atoms with Crippen molar-refractivity contribution in [3.63, 3.8) is 0 Å². The molecular formula is C18H30N6O11. The highest BCUT2D eigenvalue weighted by molar-refractivity contribution is 5.94. The molecule has 0 aromatic heterocycles. The normalized spacial score (nSPS) is 25.3. The molecule has 17 nitrogen and oxygen atoms in total. The van der Waals surface area contributed by atoms with Crippen LogP contribution < -0.4 is 32.1 Å². The summed E-state index contributed by atoms with van der Waals surface area (Å²) in [6.45, 7) is 0.0162. The Bertz CT molecular complexity index is 778. The summed E-state index contributed by atoms with van der Waals surface area (Å²) in [7, 11) is 0. The number of carbonyl (C=O) groups excluding carboxylic acids is 5. The van der Waals surface area contributed by atoms with E-state index < -0.39 is 79.5 Å². The van der Waals surface area contributed by atoms with Crippen LogP contribution in [-0.2, 0) is 33.4 Å². The van der Waals surface area contributed by atoms with Crippen LogP contribution in [0.25, 0.3) is 0 Å². The Balaban J connectivity index is 2.99. The fourth-order valence-electron chi connectivity index (χ4n) is 2.60. The Kier molecular flexibility index (Phi) is 13.0. The molecule has 4 atom stereocenters. The first kappa shape index (κ1) is 29.5. The fraction of sp³-hybridized carbons (Fsp3) is 0.667. The van der Waals surface area contributed by atoms with Gasteiger partial charge in [0.15, 0.2) is 0 Å². The van der Waals surface area contributed by atoms with Gasteiger partial charge < -0.3 is 46.1 Å². The zero-order chi connectivity index (χ0) is 26.4. The molecule has 1 aliphatic heterocycles. The molecule has 1 saturated heterocycles. The molecule has 198 valence electrons. The summed E-state index contributed by atoms with van der Waals surface area (Å²) in [5.74, 6) is -5.22. The molecule has 0 saturated carbocycles. The summed E-state index contributed by atoms with van der Waals surface area (Å²) in [6, 6.07) is -5.81. The van der Waals surface area contributed by atoms with E-state index in [1.165, 1.54) is 6.92 Å². The number of carboxylic acids is 1. The van der Waals surface area contributed by atoms with Gasteiger partial charge in [0.25, 0.3) is 11.8 Å². The molecule has 0 spiro atoms. The number of aliphatic hydroxyl groups excluding tert-OH is 2. The zero-order valence-corrected chi connectivity index (χ0v) is 18.9. The quantitative estimate of drug-likeness (QED) is 0.174. The largest absolute Gasteiger partial charge is 0.481 e. The summed E-state index contributed by atoms with van der Waals surface area (Å²) in [6.07, 6.45) is -2.27. The van der Waals surface area contributed by atoms with E-state index in [1.807, 2.05) is 16.2 Å². The Morgan fingerprint density at radius 3 is 2.17 bits per heavy atom. The minimum absolute atomic E-state index is 0.00183. The van der Waals surface area contributed by atoms with Crippen LogP contribution in [0.4, 0.5) is 4.79 Å². The van der Waals surface area contributed by atoms with Crippen molar-refractivity contribution in [2.75, 3.05) is 39.6 Å². The number of hydrogen-bond donors (Lipinski definition) is 9. The molecule has 1 heterocycles. The number of ether oxygens (including phenoxy) is 2. The Morgan fingerprint density at radius 2 is 1.57 bits per heavy atom. The zero-order valence-electron chi connectivity index (χ0n) is 18.9. The van der Waals surface area contributed by atoms with Crippen LogP contribution in [-0.4, -0.2) is 115 Å². The third-order valence-electron chi connectivity index (χ3n) is 4.35. The SMILES string of the molecule is CC(O)[C@@H]1NC(=O)N[C@@H](CC(=O)O)C(=O)NNC(=O)[C@H](CO)NC(=O)COCCOCCNC1=O. The molecule has 1 rings (SSSR count). The lowest BCUT2D eigenvalue weighted by molar-refractivity contribution is -0.140. The summed E-state index contributed by atoms with van der Waals surface area (Å²) in [5.41, 5.74) is 3.77. The monoisotopic (exact) mass is 506 g/mol. The number of hydrazine groups is 1. The standard InChI is InChI=1S/C18H30N6O11/c1-9(26)14-17(32)19-2-3-34-4-5-35-8-12(27)20-11(7-25)16(31)24-23-15(30)10(6-13(28)29)21-18(33)22-14/h9-11,14,25-26H,2-8H2,1H3,(H,19,32)(H,20,27)(H,23,30)(H,24,31)(H,28,29)(H2,21,22,33)/t9?,10-,11-,14-/m0/s1. The van der Waals surface area contributed by atoms with Gasteiger partial charge in [0.05, 0.1) is 39.0 Å². The molecule has 9 N–H and O–H groups in total. The van der Waals surface area contributed by atoms with E-state index in [9.17, 15) is 39.0 Å². The maximum atomic E-state index is 12.4. The fourth-order valence-corrected chi connectivity index (χ4v) is 2.60. The second-order valence-electron chi connectivity index (χ2n) is 7.22. The molecule has 0 aliphatic carbocycles. The number of aliphatic hydroxyl groups is 2. The number of hydrogen-bond acceptors (Lipinski definition) is 10. The third-order valence-corrected chi connectivity index (χ3v) is 4.35. The van der Waals surface area contributed by atoms with Gasteiger partial charge >= 0.3 is 12.0 Å². The Labute approximate surface area is 199 Å². The molecule has 35 heavy (non-hydrogen) atoms. The van der Waals surface area contributed by atoms with E-state index in [0.29, 0.717) is 0 Å². The second kappa shape index (κ2) is 15.4. The van der Waals surface area contributed by atoms with Crippen molar-refractivity contribution in [1.82, 2.24) is 32.1 Å². The van der Waals surface area contributed by atoms with Gasteiger partial charge in [0, 0.05) is 6.54 Å². The number of rotatable bonds is 4. The van der Waals surface area contributed by atoms with Crippen LogP contribution in [0.2, 0.25) is 0 Å². The van der Waals surface area contributed by atoms with Crippen molar-refractivity contribution in [2.24, 2.45) is 0 Å². The molecule has 0 bridgehead atoms. The second-order valence-corrected chi connectivity index (χ2v) is 7.22. The Hall–Kier alpha value is -3.54. The van der Waals surface area contributed by atoms with Crippen LogP contribution in [0, 0.1) is 0 Å². The average molecular weight is 506 g/mol. The number of carboxylic acid groups (broad SMARTS) is 1. The van der Waals surface area contributed by atoms with E-state index in [4.69, 9.17) is 14.6 Å². The molecule has 1 aliphatic rings. The van der Waals surface area contributed by atoms with E-state index in [1.54, 1.807) is 0 Å². The van der Waals surface area contributed by atoms with Crippen LogP contribution in [0.5, 0.6) is 0 Å². The summed E-state index contributed by atoms with van der Waals surface area (Å²) in [5, 5.41) is 37.0. The predicted molar refractivity (Wildman–Crippen MR) is 113 cm³/mol. The molecule has 1 fully saturated rings. The molecule has 0 aromatic rings. The van der Waals surface area contributed by atoms with Crippen LogP contribution in [0.1, 0.15) is 13.3 Å². The van der Waals surface area contributed by atoms with Gasteiger partial charge in [0.2, 0.25) is 11.8 Å². The number of amides is 6. The van der Waals surface area contributed by atoms with Crippen molar-refractivity contribution in [3.8, 4) is 0 Å². The molecule has 0 aromatic carbocycles. The highest BCUT2D eigenvalue weighted by atomic mass is 16.5. The van der Waals surface area contributed by atoms with Crippen molar-refractivity contribution in [1.29, 1.82) is 0 Å². The van der Waals surface area contributed by atoms with Crippen LogP contribution in [0.3, 0.4) is 0 Å². The van der Waals surface area contributed by atoms with Crippen LogP contribution >= 0.6 is 0 Å². The van der Waals surface area contributed by atoms with E-state index >= 15 is 0 Å². The van der Waals surface area contributed by atoms with Crippen molar-refractivity contribution in [2.45, 2.75) is 37.6 Å². The highest BCUT2D eigenvalue weighted by Gasteiger charge is 2.29. The smallest absolute Gasteiger partial charge is 0.316 e. The predicted octanol–water partition coefficient (Wildman–Crippen LogP) is -5.33. The van der Waals surface area contributed by atoms with E-state index in [2.05, 4.69) is 16.0 Å². The van der Waals surface area contributed by atoms with Gasteiger partial charge in [0.1, 0.15) is 24.7 Å². The lowest BCUT2D eigenvalue weighted by Gasteiger charge is -2.23. The van der Waals surface area contributed by atoms with Gasteiger partial charge in [-0.2, -0.15) is 0 Å². The first-order chi connectivity index (χ1) is 16.5. The lowest BCUT2D eigenvalue weighted by atomic mass is 10.1. The summed E-state index contributed by atoms with van der Waals surface area (Å²) in [4.78, 5) is 72.1. The number of nitrogens with one attached hydrogen (secondary N) is 6. The maximum absolute atomic E-state index is 12.4. The summed E-state index contributed by atoms with van der Waals surface area (Å²) >= 11 is 0. The lowest BCUT2D eigenvalue weighted by Crippen LogP contribution is -2.60.